The van der Waals surface area contributed by atoms with Crippen molar-refractivity contribution in [1.29, 1.82) is 0 Å². The highest BCUT2D eigenvalue weighted by Gasteiger charge is 2.08. The number of methoxy groups -OCH3 is 1. The van der Waals surface area contributed by atoms with Gasteiger partial charge in [-0.1, -0.05) is 12.1 Å². The Morgan fingerprint density at radius 1 is 0.800 bits per heavy atom. The van der Waals surface area contributed by atoms with E-state index in [1.807, 2.05) is 42.6 Å². The van der Waals surface area contributed by atoms with E-state index in [0.717, 1.165) is 28.0 Å². The smallest absolute Gasteiger partial charge is 0.126 e. The molecule has 2 heterocycles. The normalized spacial score (nSPS) is 10.2. The van der Waals surface area contributed by atoms with Gasteiger partial charge in [0.2, 0.25) is 0 Å². The Bertz CT molecular complexity index is 697. The molecular weight excluding hydrogens is 248 g/mol. The summed E-state index contributed by atoms with van der Waals surface area (Å²) in [7, 11) is 1.68. The van der Waals surface area contributed by atoms with E-state index in [4.69, 9.17) is 4.74 Å². The summed E-state index contributed by atoms with van der Waals surface area (Å²) < 4.78 is 5.45. The number of hydrogen-bond donors (Lipinski definition) is 0. The molecule has 3 nitrogen and oxygen atoms in total. The Labute approximate surface area is 117 Å². The summed E-state index contributed by atoms with van der Waals surface area (Å²) in [4.78, 5) is 8.22. The summed E-state index contributed by atoms with van der Waals surface area (Å²) in [5.74, 6) is 0.851. The molecule has 3 rings (SSSR count). The highest BCUT2D eigenvalue weighted by molar-refractivity contribution is 5.77. The van der Waals surface area contributed by atoms with Crippen molar-refractivity contribution < 1.29 is 4.74 Å². The molecule has 3 heteroatoms. The summed E-state index contributed by atoms with van der Waals surface area (Å²) in [5.41, 5.74) is 4.34. The Kier molecular flexibility index (Phi) is 3.42. The van der Waals surface area contributed by atoms with E-state index in [1.54, 1.807) is 25.7 Å². The zero-order valence-electron chi connectivity index (χ0n) is 11.2. The van der Waals surface area contributed by atoms with E-state index in [1.165, 1.54) is 0 Å². The third-order valence-electron chi connectivity index (χ3n) is 3.19. The third kappa shape index (κ3) is 2.38. The van der Waals surface area contributed by atoms with Gasteiger partial charge >= 0.3 is 0 Å². The molecule has 0 saturated heterocycles. The second-order valence-electron chi connectivity index (χ2n) is 4.39. The van der Waals surface area contributed by atoms with Crippen LogP contribution in [0.25, 0.3) is 22.3 Å². The number of aromatic nitrogens is 2. The van der Waals surface area contributed by atoms with Crippen molar-refractivity contribution in [3.05, 3.63) is 67.3 Å². The molecule has 0 aliphatic carbocycles. The first-order valence-electron chi connectivity index (χ1n) is 6.37. The van der Waals surface area contributed by atoms with Crippen LogP contribution in [0.5, 0.6) is 5.75 Å². The lowest BCUT2D eigenvalue weighted by molar-refractivity contribution is 0.416. The van der Waals surface area contributed by atoms with Crippen molar-refractivity contribution in [1.82, 2.24) is 9.97 Å². The Hall–Kier alpha value is -2.68. The minimum absolute atomic E-state index is 0.851. The predicted octanol–water partition coefficient (Wildman–Crippen LogP) is 3.82. The van der Waals surface area contributed by atoms with Gasteiger partial charge in [-0.15, -0.1) is 0 Å². The lowest BCUT2D eigenvalue weighted by Crippen LogP contribution is -1.89. The maximum Gasteiger partial charge on any atom is 0.126 e. The first kappa shape index (κ1) is 12.4. The minimum atomic E-state index is 0.851. The van der Waals surface area contributed by atoms with Gasteiger partial charge in [-0.05, 0) is 41.5 Å². The Morgan fingerprint density at radius 2 is 1.65 bits per heavy atom. The molecule has 0 amide bonds. The second kappa shape index (κ2) is 5.53. The fourth-order valence-electron chi connectivity index (χ4n) is 2.18. The number of rotatable bonds is 3. The number of nitrogens with zero attached hydrogens (tertiary/aromatic N) is 2. The lowest BCUT2D eigenvalue weighted by atomic mass is 9.99. The number of hydrogen-bond acceptors (Lipinski definition) is 3. The maximum absolute atomic E-state index is 5.45. The number of benzene rings is 1. The van der Waals surface area contributed by atoms with Gasteiger partial charge in [0.1, 0.15) is 5.75 Å². The largest absolute Gasteiger partial charge is 0.496 e. The van der Waals surface area contributed by atoms with Gasteiger partial charge in [-0.3, -0.25) is 9.97 Å². The van der Waals surface area contributed by atoms with Gasteiger partial charge in [0, 0.05) is 35.9 Å². The Morgan fingerprint density at radius 3 is 2.35 bits per heavy atom. The van der Waals surface area contributed by atoms with Crippen LogP contribution in [0.15, 0.2) is 67.3 Å². The standard InChI is InChI=1S/C17H14N2O/c1-20-17-5-4-14(15-3-2-8-19-12-15)11-16(17)13-6-9-18-10-7-13/h2-12H,1H3. The summed E-state index contributed by atoms with van der Waals surface area (Å²) >= 11 is 0. The molecule has 3 aromatic rings. The van der Waals surface area contributed by atoms with E-state index >= 15 is 0 Å². The zero-order chi connectivity index (χ0) is 13.8. The lowest BCUT2D eigenvalue weighted by Gasteiger charge is -2.11. The molecule has 98 valence electrons. The van der Waals surface area contributed by atoms with Crippen LogP contribution in [0.2, 0.25) is 0 Å². The molecule has 0 fully saturated rings. The maximum atomic E-state index is 5.45. The van der Waals surface area contributed by atoms with Gasteiger partial charge in [0.05, 0.1) is 7.11 Å². The SMILES string of the molecule is COc1ccc(-c2cccnc2)cc1-c1ccncc1. The van der Waals surface area contributed by atoms with Gasteiger partial charge in [-0.2, -0.15) is 0 Å². The van der Waals surface area contributed by atoms with E-state index in [9.17, 15) is 0 Å². The van der Waals surface area contributed by atoms with Crippen molar-refractivity contribution in [2.75, 3.05) is 7.11 Å². The van der Waals surface area contributed by atoms with Crippen LogP contribution >= 0.6 is 0 Å². The van der Waals surface area contributed by atoms with E-state index in [-0.39, 0.29) is 0 Å². The molecule has 0 aliphatic rings. The van der Waals surface area contributed by atoms with E-state index in [0.29, 0.717) is 0 Å². The predicted molar refractivity (Wildman–Crippen MR) is 79.5 cm³/mol. The fraction of sp³-hybridized carbons (Fsp3) is 0.0588. The van der Waals surface area contributed by atoms with Crippen LogP contribution in [0, 0.1) is 0 Å². The first-order chi connectivity index (χ1) is 9.88. The summed E-state index contributed by atoms with van der Waals surface area (Å²) in [6.07, 6.45) is 7.20. The van der Waals surface area contributed by atoms with Crippen LogP contribution in [-0.4, -0.2) is 17.1 Å². The van der Waals surface area contributed by atoms with E-state index < -0.39 is 0 Å². The van der Waals surface area contributed by atoms with Crippen molar-refractivity contribution in [3.8, 4) is 28.0 Å². The molecular formula is C17H14N2O. The Balaban J connectivity index is 2.13. The molecule has 0 bridgehead atoms. The topological polar surface area (TPSA) is 35.0 Å². The number of pyridine rings is 2. The highest BCUT2D eigenvalue weighted by atomic mass is 16.5. The molecule has 0 radical (unpaired) electrons. The summed E-state index contributed by atoms with van der Waals surface area (Å²) in [6, 6.07) is 14.1. The first-order valence-corrected chi connectivity index (χ1v) is 6.37. The molecule has 0 spiro atoms. The minimum Gasteiger partial charge on any atom is -0.496 e. The molecule has 0 unspecified atom stereocenters. The highest BCUT2D eigenvalue weighted by Crippen LogP contribution is 2.33. The van der Waals surface area contributed by atoms with Crippen LogP contribution < -0.4 is 4.74 Å². The quantitative estimate of drug-likeness (QED) is 0.719. The fourth-order valence-corrected chi connectivity index (χ4v) is 2.18. The van der Waals surface area contributed by atoms with Crippen molar-refractivity contribution in [3.63, 3.8) is 0 Å². The second-order valence-corrected chi connectivity index (χ2v) is 4.39. The molecule has 20 heavy (non-hydrogen) atoms. The van der Waals surface area contributed by atoms with Gasteiger partial charge in [0.25, 0.3) is 0 Å². The average molecular weight is 262 g/mol. The zero-order valence-corrected chi connectivity index (χ0v) is 11.2. The van der Waals surface area contributed by atoms with Crippen LogP contribution in [-0.2, 0) is 0 Å². The molecule has 0 saturated carbocycles. The average Bonchev–Trinajstić information content (AvgIpc) is 2.56. The molecule has 1 aromatic carbocycles. The van der Waals surface area contributed by atoms with Crippen LogP contribution in [0.3, 0.4) is 0 Å². The van der Waals surface area contributed by atoms with Crippen molar-refractivity contribution >= 4 is 0 Å². The third-order valence-corrected chi connectivity index (χ3v) is 3.19. The van der Waals surface area contributed by atoms with Gasteiger partial charge < -0.3 is 4.74 Å². The monoisotopic (exact) mass is 262 g/mol. The summed E-state index contributed by atoms with van der Waals surface area (Å²) in [6.45, 7) is 0. The van der Waals surface area contributed by atoms with Gasteiger partial charge in [-0.25, -0.2) is 0 Å². The molecule has 0 aliphatic heterocycles. The van der Waals surface area contributed by atoms with E-state index in [2.05, 4.69) is 16.0 Å². The molecule has 0 atom stereocenters. The molecule has 0 N–H and O–H groups in total. The van der Waals surface area contributed by atoms with Crippen LogP contribution in [0.1, 0.15) is 0 Å². The van der Waals surface area contributed by atoms with Gasteiger partial charge in [0.15, 0.2) is 0 Å². The van der Waals surface area contributed by atoms with Crippen molar-refractivity contribution in [2.45, 2.75) is 0 Å². The molecule has 2 aromatic heterocycles. The van der Waals surface area contributed by atoms with Crippen LogP contribution in [0.4, 0.5) is 0 Å². The number of ether oxygens (including phenoxy) is 1. The summed E-state index contributed by atoms with van der Waals surface area (Å²) in [5, 5.41) is 0. The van der Waals surface area contributed by atoms with Crippen molar-refractivity contribution in [2.24, 2.45) is 0 Å².